The minimum absolute atomic E-state index is 0.256. The largest absolute Gasteiger partial charge is 0.288 e. The topological polar surface area (TPSA) is 65.6 Å². The number of para-hydroxylation sites is 1. The average molecular weight is 367 g/mol. The van der Waals surface area contributed by atoms with Crippen LogP contribution in [0, 0.1) is 0 Å². The molecule has 21 heavy (non-hydrogen) atoms. The molecule has 0 unspecified atom stereocenters. The number of aromatic nitrogens is 5. The van der Waals surface area contributed by atoms with E-state index in [0.717, 1.165) is 0 Å². The maximum atomic E-state index is 12.4. The zero-order chi connectivity index (χ0) is 14.8. The van der Waals surface area contributed by atoms with Crippen molar-refractivity contribution in [1.82, 2.24) is 24.8 Å². The molecule has 2 heterocycles. The summed E-state index contributed by atoms with van der Waals surface area (Å²) in [6.07, 6.45) is 3.20. The normalized spacial score (nSPS) is 10.8. The first-order valence-corrected chi connectivity index (χ1v) is 7.34. The first kappa shape index (κ1) is 14.0. The van der Waals surface area contributed by atoms with Crippen LogP contribution in [-0.2, 0) is 5.88 Å². The van der Waals surface area contributed by atoms with Crippen LogP contribution in [0.5, 0.6) is 0 Å². The first-order valence-electron chi connectivity index (χ1n) is 6.01. The van der Waals surface area contributed by atoms with Gasteiger partial charge in [-0.25, -0.2) is 4.68 Å². The van der Waals surface area contributed by atoms with Crippen molar-refractivity contribution in [2.24, 2.45) is 0 Å². The van der Waals surface area contributed by atoms with Crippen LogP contribution in [0.25, 0.3) is 11.4 Å². The van der Waals surface area contributed by atoms with Crippen molar-refractivity contribution in [2.45, 2.75) is 5.88 Å². The Bertz CT molecular complexity index is 830. The highest BCUT2D eigenvalue weighted by Gasteiger charge is 2.13. The lowest BCUT2D eigenvalue weighted by Gasteiger charge is -2.07. The molecule has 0 spiro atoms. The molecule has 3 rings (SSSR count). The van der Waals surface area contributed by atoms with E-state index in [2.05, 4.69) is 31.3 Å². The second-order valence-corrected chi connectivity index (χ2v) is 5.24. The van der Waals surface area contributed by atoms with Gasteiger partial charge in [-0.15, -0.1) is 16.7 Å². The molecular weight excluding hydrogens is 358 g/mol. The van der Waals surface area contributed by atoms with E-state index in [4.69, 9.17) is 11.6 Å². The Balaban J connectivity index is 2.11. The smallest absolute Gasteiger partial charge is 0.266 e. The van der Waals surface area contributed by atoms with E-state index >= 15 is 0 Å². The minimum Gasteiger partial charge on any atom is -0.266 e. The Morgan fingerprint density at radius 2 is 2.00 bits per heavy atom. The SMILES string of the molecule is O=c1c(Br)c(-n2cc(CCl)nn2)cnn1-c1ccccc1. The van der Waals surface area contributed by atoms with Gasteiger partial charge in [-0.1, -0.05) is 23.4 Å². The molecule has 0 saturated heterocycles. The van der Waals surface area contributed by atoms with Gasteiger partial charge < -0.3 is 0 Å². The lowest BCUT2D eigenvalue weighted by atomic mass is 10.3. The standard InChI is InChI=1S/C13H9BrClN5O/c14-12-11(19-8-9(6-15)17-18-19)7-16-20(13(12)21)10-4-2-1-3-5-10/h1-5,7-8H,6H2. The van der Waals surface area contributed by atoms with Crippen LogP contribution in [0.4, 0.5) is 0 Å². The van der Waals surface area contributed by atoms with Gasteiger partial charge in [0, 0.05) is 0 Å². The van der Waals surface area contributed by atoms with Crippen LogP contribution >= 0.6 is 27.5 Å². The fraction of sp³-hybridized carbons (Fsp3) is 0.0769. The summed E-state index contributed by atoms with van der Waals surface area (Å²) in [6, 6.07) is 9.18. The number of hydrogen-bond donors (Lipinski definition) is 0. The number of halogens is 2. The monoisotopic (exact) mass is 365 g/mol. The average Bonchev–Trinajstić information content (AvgIpc) is 2.99. The van der Waals surface area contributed by atoms with Crippen LogP contribution in [-0.4, -0.2) is 24.8 Å². The molecule has 0 radical (unpaired) electrons. The molecule has 6 nitrogen and oxygen atoms in total. The van der Waals surface area contributed by atoms with E-state index < -0.39 is 0 Å². The molecule has 2 aromatic heterocycles. The van der Waals surface area contributed by atoms with E-state index in [1.165, 1.54) is 9.36 Å². The van der Waals surface area contributed by atoms with Gasteiger partial charge >= 0.3 is 0 Å². The molecule has 1 aromatic carbocycles. The van der Waals surface area contributed by atoms with Gasteiger partial charge in [0.1, 0.15) is 10.2 Å². The van der Waals surface area contributed by atoms with Crippen LogP contribution in [0.1, 0.15) is 5.69 Å². The second kappa shape index (κ2) is 5.79. The molecule has 0 fully saturated rings. The van der Waals surface area contributed by atoms with Gasteiger partial charge in [0.25, 0.3) is 5.56 Å². The van der Waals surface area contributed by atoms with Gasteiger partial charge in [0.05, 0.1) is 29.7 Å². The molecule has 8 heteroatoms. The summed E-state index contributed by atoms with van der Waals surface area (Å²) in [5.74, 6) is 0.256. The van der Waals surface area contributed by atoms with Gasteiger partial charge in [0.15, 0.2) is 0 Å². The maximum Gasteiger partial charge on any atom is 0.288 e. The molecule has 0 aliphatic rings. The summed E-state index contributed by atoms with van der Waals surface area (Å²) >= 11 is 9.00. The Labute approximate surface area is 133 Å². The Hall–Kier alpha value is -1.99. The van der Waals surface area contributed by atoms with E-state index in [1.807, 2.05) is 30.3 Å². The van der Waals surface area contributed by atoms with Gasteiger partial charge in [-0.2, -0.15) is 9.78 Å². The van der Waals surface area contributed by atoms with Gasteiger partial charge in [0.2, 0.25) is 0 Å². The van der Waals surface area contributed by atoms with Crippen LogP contribution < -0.4 is 5.56 Å². The van der Waals surface area contributed by atoms with Gasteiger partial charge in [-0.3, -0.25) is 4.79 Å². The molecule has 0 bridgehead atoms. The Morgan fingerprint density at radius 1 is 1.24 bits per heavy atom. The van der Waals surface area contributed by atoms with E-state index in [9.17, 15) is 4.79 Å². The summed E-state index contributed by atoms with van der Waals surface area (Å²) in [5, 5.41) is 12.0. The Morgan fingerprint density at radius 3 is 2.67 bits per heavy atom. The molecule has 0 atom stereocenters. The fourth-order valence-corrected chi connectivity index (χ4v) is 2.39. The zero-order valence-electron chi connectivity index (χ0n) is 10.6. The lowest BCUT2D eigenvalue weighted by molar-refractivity contribution is 0.749. The summed E-state index contributed by atoms with van der Waals surface area (Å²) < 4.78 is 3.13. The predicted molar refractivity (Wildman–Crippen MR) is 82.0 cm³/mol. The van der Waals surface area contributed by atoms with Crippen LogP contribution in [0.15, 0.2) is 52.0 Å². The van der Waals surface area contributed by atoms with Gasteiger partial charge in [-0.05, 0) is 28.1 Å². The summed E-state index contributed by atoms with van der Waals surface area (Å²) in [6.45, 7) is 0. The minimum atomic E-state index is -0.276. The number of rotatable bonds is 3. The van der Waals surface area contributed by atoms with Crippen molar-refractivity contribution in [3.8, 4) is 11.4 Å². The van der Waals surface area contributed by atoms with Crippen LogP contribution in [0.3, 0.4) is 0 Å². The molecule has 0 amide bonds. The number of benzene rings is 1. The lowest BCUT2D eigenvalue weighted by Crippen LogP contribution is -2.23. The fourth-order valence-electron chi connectivity index (χ4n) is 1.81. The third-order valence-electron chi connectivity index (χ3n) is 2.83. The first-order chi connectivity index (χ1) is 10.2. The molecule has 3 aromatic rings. The molecule has 0 saturated carbocycles. The molecule has 0 aliphatic heterocycles. The number of alkyl halides is 1. The Kier molecular flexibility index (Phi) is 3.85. The third-order valence-corrected chi connectivity index (χ3v) is 3.85. The second-order valence-electron chi connectivity index (χ2n) is 4.18. The predicted octanol–water partition coefficient (Wildman–Crippen LogP) is 2.31. The maximum absolute atomic E-state index is 12.4. The number of hydrogen-bond acceptors (Lipinski definition) is 4. The van der Waals surface area contributed by atoms with Crippen molar-refractivity contribution >= 4 is 27.5 Å². The van der Waals surface area contributed by atoms with E-state index in [-0.39, 0.29) is 11.4 Å². The summed E-state index contributed by atoms with van der Waals surface area (Å²) in [7, 11) is 0. The molecule has 106 valence electrons. The molecule has 0 aliphatic carbocycles. The van der Waals surface area contributed by atoms with Crippen molar-refractivity contribution < 1.29 is 0 Å². The van der Waals surface area contributed by atoms with Crippen molar-refractivity contribution in [3.63, 3.8) is 0 Å². The molecular formula is C13H9BrClN5O. The van der Waals surface area contributed by atoms with Crippen molar-refractivity contribution in [1.29, 1.82) is 0 Å². The van der Waals surface area contributed by atoms with E-state index in [1.54, 1.807) is 12.4 Å². The molecule has 0 N–H and O–H groups in total. The quantitative estimate of drug-likeness (QED) is 0.667. The zero-order valence-corrected chi connectivity index (χ0v) is 13.0. The number of nitrogens with zero attached hydrogens (tertiary/aromatic N) is 5. The third kappa shape index (κ3) is 2.62. The van der Waals surface area contributed by atoms with Crippen LogP contribution in [0.2, 0.25) is 0 Å². The summed E-state index contributed by atoms with van der Waals surface area (Å²) in [5.41, 5.74) is 1.54. The summed E-state index contributed by atoms with van der Waals surface area (Å²) in [4.78, 5) is 12.4. The van der Waals surface area contributed by atoms with Crippen molar-refractivity contribution in [2.75, 3.05) is 0 Å². The van der Waals surface area contributed by atoms with E-state index in [0.29, 0.717) is 21.5 Å². The highest BCUT2D eigenvalue weighted by molar-refractivity contribution is 9.10. The van der Waals surface area contributed by atoms with Crippen molar-refractivity contribution in [3.05, 3.63) is 63.2 Å². The highest BCUT2D eigenvalue weighted by Crippen LogP contribution is 2.16. The highest BCUT2D eigenvalue weighted by atomic mass is 79.9.